The molecule has 5 nitrogen and oxygen atoms in total. The quantitative estimate of drug-likeness (QED) is 0.822. The first-order valence-corrected chi connectivity index (χ1v) is 7.12. The predicted molar refractivity (Wildman–Crippen MR) is 82.8 cm³/mol. The zero-order valence-electron chi connectivity index (χ0n) is 12.0. The van der Waals surface area contributed by atoms with Crippen molar-refractivity contribution in [3.05, 3.63) is 46.3 Å². The highest BCUT2D eigenvalue weighted by Crippen LogP contribution is 2.30. The van der Waals surface area contributed by atoms with Crippen LogP contribution in [0.3, 0.4) is 0 Å². The maximum absolute atomic E-state index is 11.4. The summed E-state index contributed by atoms with van der Waals surface area (Å²) in [4.78, 5) is 11.4. The molecule has 0 saturated carbocycles. The second kappa shape index (κ2) is 6.67. The number of nitrogens with one attached hydrogen (secondary N) is 1. The van der Waals surface area contributed by atoms with Crippen LogP contribution in [0, 0.1) is 0 Å². The Hall–Kier alpha value is -1.95. The molecule has 0 saturated heterocycles. The second-order valence-electron chi connectivity index (χ2n) is 4.41. The van der Waals surface area contributed by atoms with Crippen molar-refractivity contribution in [2.75, 3.05) is 19.5 Å². The fourth-order valence-electron chi connectivity index (χ4n) is 1.84. The van der Waals surface area contributed by atoms with Crippen LogP contribution in [0.15, 0.2) is 39.2 Å². The molecule has 1 unspecified atom stereocenters. The number of benzene rings is 1. The van der Waals surface area contributed by atoms with Gasteiger partial charge in [0, 0.05) is 10.5 Å². The van der Waals surface area contributed by atoms with Gasteiger partial charge in [0.05, 0.1) is 25.9 Å². The van der Waals surface area contributed by atoms with E-state index in [1.807, 2.05) is 25.1 Å². The van der Waals surface area contributed by atoms with E-state index in [0.717, 1.165) is 15.9 Å². The lowest BCUT2D eigenvalue weighted by Gasteiger charge is -2.15. The molecule has 1 heterocycles. The molecule has 2 aromatic rings. The first-order valence-electron chi connectivity index (χ1n) is 6.33. The van der Waals surface area contributed by atoms with Gasteiger partial charge in [-0.3, -0.25) is 0 Å². The van der Waals surface area contributed by atoms with Gasteiger partial charge in [-0.05, 0) is 47.1 Å². The van der Waals surface area contributed by atoms with E-state index >= 15 is 0 Å². The Balaban J connectivity index is 2.16. The van der Waals surface area contributed by atoms with Crippen LogP contribution in [-0.4, -0.2) is 20.2 Å². The maximum atomic E-state index is 11.4. The third kappa shape index (κ3) is 3.58. The van der Waals surface area contributed by atoms with Crippen molar-refractivity contribution in [2.45, 2.75) is 13.0 Å². The largest absolute Gasteiger partial charge is 0.497 e. The number of furan rings is 1. The number of esters is 1. The summed E-state index contributed by atoms with van der Waals surface area (Å²) < 4.78 is 16.2. The normalized spacial score (nSPS) is 11.8. The summed E-state index contributed by atoms with van der Waals surface area (Å²) in [5, 5.41) is 3.30. The summed E-state index contributed by atoms with van der Waals surface area (Å²) in [7, 11) is 2.94. The SMILES string of the molecule is COC(=O)c1ccc(C(C)Nc2cc(OC)ccc2Br)o1. The van der Waals surface area contributed by atoms with E-state index in [1.165, 1.54) is 7.11 Å². The Morgan fingerprint density at radius 1 is 1.29 bits per heavy atom. The smallest absolute Gasteiger partial charge is 0.373 e. The number of carbonyl (C=O) groups is 1. The molecule has 1 aromatic carbocycles. The molecule has 21 heavy (non-hydrogen) atoms. The molecular weight excluding hydrogens is 338 g/mol. The minimum absolute atomic E-state index is 0.119. The highest BCUT2D eigenvalue weighted by atomic mass is 79.9. The van der Waals surface area contributed by atoms with Gasteiger partial charge in [0.1, 0.15) is 11.5 Å². The van der Waals surface area contributed by atoms with Gasteiger partial charge in [-0.15, -0.1) is 0 Å². The van der Waals surface area contributed by atoms with Gasteiger partial charge in [0.25, 0.3) is 0 Å². The van der Waals surface area contributed by atoms with Crippen molar-refractivity contribution in [1.82, 2.24) is 0 Å². The molecule has 0 amide bonds. The Bertz CT molecular complexity index is 638. The molecule has 1 N–H and O–H groups in total. The van der Waals surface area contributed by atoms with Gasteiger partial charge in [-0.25, -0.2) is 4.79 Å². The fourth-order valence-corrected chi connectivity index (χ4v) is 2.20. The van der Waals surface area contributed by atoms with E-state index in [9.17, 15) is 4.79 Å². The number of hydrogen-bond donors (Lipinski definition) is 1. The van der Waals surface area contributed by atoms with Crippen molar-refractivity contribution in [2.24, 2.45) is 0 Å². The maximum Gasteiger partial charge on any atom is 0.373 e. The summed E-state index contributed by atoms with van der Waals surface area (Å²) in [6, 6.07) is 8.87. The van der Waals surface area contributed by atoms with Crippen molar-refractivity contribution in [1.29, 1.82) is 0 Å². The van der Waals surface area contributed by atoms with Crippen molar-refractivity contribution >= 4 is 27.6 Å². The van der Waals surface area contributed by atoms with Crippen molar-refractivity contribution < 1.29 is 18.7 Å². The highest BCUT2D eigenvalue weighted by molar-refractivity contribution is 9.10. The van der Waals surface area contributed by atoms with Gasteiger partial charge in [0.15, 0.2) is 0 Å². The lowest BCUT2D eigenvalue weighted by atomic mass is 10.2. The van der Waals surface area contributed by atoms with Crippen LogP contribution in [0.4, 0.5) is 5.69 Å². The average Bonchev–Trinajstić information content (AvgIpc) is 2.98. The summed E-state index contributed by atoms with van der Waals surface area (Å²) >= 11 is 3.48. The van der Waals surface area contributed by atoms with Gasteiger partial charge < -0.3 is 19.2 Å². The Morgan fingerprint density at radius 3 is 2.71 bits per heavy atom. The minimum atomic E-state index is -0.490. The van der Waals surface area contributed by atoms with Gasteiger partial charge in [-0.1, -0.05) is 0 Å². The first kappa shape index (κ1) is 15.4. The third-order valence-corrected chi connectivity index (χ3v) is 3.68. The fraction of sp³-hybridized carbons (Fsp3) is 0.267. The van der Waals surface area contributed by atoms with Gasteiger partial charge in [0.2, 0.25) is 5.76 Å². The average molecular weight is 354 g/mol. The molecule has 1 atom stereocenters. The van der Waals surface area contributed by atoms with E-state index in [0.29, 0.717) is 5.76 Å². The number of methoxy groups -OCH3 is 2. The molecule has 112 valence electrons. The third-order valence-electron chi connectivity index (χ3n) is 2.99. The molecule has 0 fully saturated rings. The van der Waals surface area contributed by atoms with E-state index < -0.39 is 5.97 Å². The van der Waals surface area contributed by atoms with E-state index in [1.54, 1.807) is 19.2 Å². The molecule has 0 radical (unpaired) electrons. The van der Waals surface area contributed by atoms with Gasteiger partial charge in [-0.2, -0.15) is 0 Å². The molecule has 0 aliphatic heterocycles. The van der Waals surface area contributed by atoms with Crippen LogP contribution in [0.1, 0.15) is 29.3 Å². The molecule has 2 rings (SSSR count). The van der Waals surface area contributed by atoms with E-state index in [4.69, 9.17) is 9.15 Å². The predicted octanol–water partition coefficient (Wildman–Crippen LogP) is 4.01. The molecule has 6 heteroatoms. The highest BCUT2D eigenvalue weighted by Gasteiger charge is 2.16. The molecule has 0 aliphatic rings. The molecule has 0 aliphatic carbocycles. The molecule has 0 bridgehead atoms. The Morgan fingerprint density at radius 2 is 2.05 bits per heavy atom. The monoisotopic (exact) mass is 353 g/mol. The lowest BCUT2D eigenvalue weighted by molar-refractivity contribution is 0.0562. The summed E-state index contributed by atoms with van der Waals surface area (Å²) in [5.74, 6) is 1.09. The van der Waals surface area contributed by atoms with Gasteiger partial charge >= 0.3 is 5.97 Å². The number of hydrogen-bond acceptors (Lipinski definition) is 5. The standard InChI is InChI=1S/C15H16BrNO4/c1-9(13-6-7-14(21-13)15(18)20-3)17-12-8-10(19-2)4-5-11(12)16/h4-9,17H,1-3H3. The second-order valence-corrected chi connectivity index (χ2v) is 5.26. The summed E-state index contributed by atoms with van der Waals surface area (Å²) in [6.07, 6.45) is 0. The van der Waals surface area contributed by atoms with E-state index in [2.05, 4.69) is 26.0 Å². The van der Waals surface area contributed by atoms with Crippen molar-refractivity contribution in [3.8, 4) is 5.75 Å². The number of ether oxygens (including phenoxy) is 2. The number of anilines is 1. The van der Waals surface area contributed by atoms with Crippen LogP contribution >= 0.6 is 15.9 Å². The van der Waals surface area contributed by atoms with Crippen LogP contribution in [0.5, 0.6) is 5.75 Å². The Kier molecular flexibility index (Phi) is 4.90. The Labute approximate surface area is 131 Å². The lowest BCUT2D eigenvalue weighted by Crippen LogP contribution is -2.06. The molecule has 1 aromatic heterocycles. The number of rotatable bonds is 5. The topological polar surface area (TPSA) is 60.7 Å². The summed E-state index contributed by atoms with van der Waals surface area (Å²) in [6.45, 7) is 1.94. The van der Waals surface area contributed by atoms with Crippen LogP contribution < -0.4 is 10.1 Å². The molecule has 0 spiro atoms. The zero-order valence-corrected chi connectivity index (χ0v) is 13.6. The number of halogens is 1. The zero-order chi connectivity index (χ0) is 15.4. The number of carbonyl (C=O) groups excluding carboxylic acids is 1. The van der Waals surface area contributed by atoms with E-state index in [-0.39, 0.29) is 11.8 Å². The first-order chi connectivity index (χ1) is 10.0. The van der Waals surface area contributed by atoms with Crippen LogP contribution in [-0.2, 0) is 4.74 Å². The molecular formula is C15H16BrNO4. The van der Waals surface area contributed by atoms with Crippen LogP contribution in [0.25, 0.3) is 0 Å². The minimum Gasteiger partial charge on any atom is -0.497 e. The van der Waals surface area contributed by atoms with Crippen LogP contribution in [0.2, 0.25) is 0 Å². The summed E-state index contributed by atoms with van der Waals surface area (Å²) in [5.41, 5.74) is 0.873. The van der Waals surface area contributed by atoms with Crippen molar-refractivity contribution in [3.63, 3.8) is 0 Å².